The molecule has 0 aliphatic carbocycles. The lowest BCUT2D eigenvalue weighted by molar-refractivity contribution is -0.124. The van der Waals surface area contributed by atoms with Crippen molar-refractivity contribution in [3.05, 3.63) is 28.5 Å². The number of hydrogen-bond donors (Lipinski definition) is 1. The largest absolute Gasteiger partial charge is 0.357 e. The molecule has 6 heteroatoms. The summed E-state index contributed by atoms with van der Waals surface area (Å²) >= 11 is 3.26. The van der Waals surface area contributed by atoms with Crippen LogP contribution in [0.3, 0.4) is 0 Å². The lowest BCUT2D eigenvalue weighted by Crippen LogP contribution is -2.45. The molecule has 0 spiro atoms. The van der Waals surface area contributed by atoms with E-state index in [9.17, 15) is 9.59 Å². The molecule has 96 valence electrons. The van der Waals surface area contributed by atoms with Gasteiger partial charge >= 0.3 is 0 Å². The number of rotatable bonds is 2. The summed E-state index contributed by atoms with van der Waals surface area (Å²) in [4.78, 5) is 29.7. The molecule has 0 aromatic carbocycles. The Morgan fingerprint density at radius 1 is 1.56 bits per heavy atom. The molecule has 0 saturated carbocycles. The van der Waals surface area contributed by atoms with Gasteiger partial charge in [0.05, 0.1) is 5.56 Å². The number of carbonyl (C=O) groups is 2. The van der Waals surface area contributed by atoms with Crippen LogP contribution >= 0.6 is 15.9 Å². The number of nitrogens with one attached hydrogen (secondary N) is 1. The second kappa shape index (κ2) is 5.48. The van der Waals surface area contributed by atoms with Crippen molar-refractivity contribution in [1.29, 1.82) is 0 Å². The molecule has 2 rings (SSSR count). The van der Waals surface area contributed by atoms with E-state index in [1.165, 1.54) is 0 Å². The van der Waals surface area contributed by atoms with Crippen molar-refractivity contribution >= 4 is 27.7 Å². The molecule has 0 bridgehead atoms. The minimum atomic E-state index is -0.366. The zero-order chi connectivity index (χ0) is 13.1. The van der Waals surface area contributed by atoms with Gasteiger partial charge in [0.2, 0.25) is 5.91 Å². The molecular weight excluding hydrogens is 298 g/mol. The molecule has 1 aliphatic heterocycles. The number of amides is 2. The monoisotopic (exact) mass is 311 g/mol. The van der Waals surface area contributed by atoms with E-state index < -0.39 is 0 Å². The van der Waals surface area contributed by atoms with E-state index in [2.05, 4.69) is 26.2 Å². The maximum Gasteiger partial charge on any atom is 0.257 e. The number of carbonyl (C=O) groups excluding carboxylic acids is 2. The average molecular weight is 312 g/mol. The van der Waals surface area contributed by atoms with Gasteiger partial charge in [0.15, 0.2) is 0 Å². The third kappa shape index (κ3) is 2.38. The number of nitrogens with zero attached hydrogens (tertiary/aromatic N) is 2. The third-order valence-corrected chi connectivity index (χ3v) is 3.68. The summed E-state index contributed by atoms with van der Waals surface area (Å²) in [5.41, 5.74) is 0.494. The molecule has 1 atom stereocenters. The molecule has 1 aromatic rings. The molecule has 1 aromatic heterocycles. The quantitative estimate of drug-likeness (QED) is 0.835. The Labute approximate surface area is 114 Å². The van der Waals surface area contributed by atoms with Gasteiger partial charge < -0.3 is 10.2 Å². The van der Waals surface area contributed by atoms with Crippen LogP contribution < -0.4 is 5.32 Å². The standard InChI is InChI=1S/C12H14BrN3O2/c1-14-11(17)9-5-3-7-16(9)12(18)8-4-2-6-15-10(8)13/h2,4,6,9H,3,5,7H2,1H3,(H,14,17). The summed E-state index contributed by atoms with van der Waals surface area (Å²) in [6.07, 6.45) is 3.17. The van der Waals surface area contributed by atoms with Crippen molar-refractivity contribution in [2.24, 2.45) is 0 Å². The first-order valence-electron chi connectivity index (χ1n) is 5.78. The Morgan fingerprint density at radius 3 is 3.00 bits per heavy atom. The predicted octanol–water partition coefficient (Wildman–Crippen LogP) is 1.19. The smallest absolute Gasteiger partial charge is 0.257 e. The zero-order valence-corrected chi connectivity index (χ0v) is 11.6. The number of likely N-dealkylation sites (tertiary alicyclic amines) is 1. The van der Waals surface area contributed by atoms with Crippen LogP contribution in [0.2, 0.25) is 0 Å². The lowest BCUT2D eigenvalue weighted by atomic mass is 10.2. The Hall–Kier alpha value is -1.43. The molecule has 5 nitrogen and oxygen atoms in total. The lowest BCUT2D eigenvalue weighted by Gasteiger charge is -2.23. The van der Waals surface area contributed by atoms with Crippen molar-refractivity contribution in [1.82, 2.24) is 15.2 Å². The Bertz CT molecular complexity index is 478. The highest BCUT2D eigenvalue weighted by Crippen LogP contribution is 2.22. The molecule has 2 heterocycles. The van der Waals surface area contributed by atoms with Gasteiger partial charge in [-0.25, -0.2) is 4.98 Å². The minimum absolute atomic E-state index is 0.110. The molecule has 2 amide bonds. The second-order valence-corrected chi connectivity index (χ2v) is 4.86. The highest BCUT2D eigenvalue weighted by atomic mass is 79.9. The van der Waals surface area contributed by atoms with Gasteiger partial charge in [-0.05, 0) is 40.9 Å². The number of likely N-dealkylation sites (N-methyl/N-ethyl adjacent to an activating group) is 1. The molecule has 1 aliphatic rings. The van der Waals surface area contributed by atoms with Crippen molar-refractivity contribution in [3.63, 3.8) is 0 Å². The second-order valence-electron chi connectivity index (χ2n) is 4.11. The summed E-state index contributed by atoms with van der Waals surface area (Å²) in [6, 6.07) is 3.05. The number of pyridine rings is 1. The van der Waals surface area contributed by atoms with E-state index in [1.807, 2.05) is 0 Å². The minimum Gasteiger partial charge on any atom is -0.357 e. The van der Waals surface area contributed by atoms with E-state index in [0.717, 1.165) is 6.42 Å². The van der Waals surface area contributed by atoms with Crippen LogP contribution in [0.4, 0.5) is 0 Å². The van der Waals surface area contributed by atoms with Crippen LogP contribution in [0.15, 0.2) is 22.9 Å². The van der Waals surface area contributed by atoms with Crippen LogP contribution in [0.1, 0.15) is 23.2 Å². The topological polar surface area (TPSA) is 62.3 Å². The Balaban J connectivity index is 2.23. The summed E-state index contributed by atoms with van der Waals surface area (Å²) < 4.78 is 0.512. The van der Waals surface area contributed by atoms with Crippen LogP contribution in [-0.4, -0.2) is 41.3 Å². The van der Waals surface area contributed by atoms with Gasteiger partial charge in [0.25, 0.3) is 5.91 Å². The van der Waals surface area contributed by atoms with E-state index in [0.29, 0.717) is 23.1 Å². The molecule has 1 N–H and O–H groups in total. The van der Waals surface area contributed by atoms with Gasteiger partial charge in [-0.3, -0.25) is 9.59 Å². The maximum absolute atomic E-state index is 12.4. The summed E-state index contributed by atoms with van der Waals surface area (Å²) in [6.45, 7) is 0.609. The molecule has 18 heavy (non-hydrogen) atoms. The SMILES string of the molecule is CNC(=O)C1CCCN1C(=O)c1cccnc1Br. The Kier molecular flexibility index (Phi) is 3.96. The van der Waals surface area contributed by atoms with Gasteiger partial charge in [-0.2, -0.15) is 0 Å². The van der Waals surface area contributed by atoms with E-state index in [1.54, 1.807) is 30.3 Å². The molecule has 1 unspecified atom stereocenters. The fourth-order valence-corrected chi connectivity index (χ4v) is 2.57. The van der Waals surface area contributed by atoms with Gasteiger partial charge in [0.1, 0.15) is 10.6 Å². The fourth-order valence-electron chi connectivity index (χ4n) is 2.15. The summed E-state index contributed by atoms with van der Waals surface area (Å²) in [5.74, 6) is -0.262. The average Bonchev–Trinajstić information content (AvgIpc) is 2.86. The maximum atomic E-state index is 12.4. The van der Waals surface area contributed by atoms with E-state index in [4.69, 9.17) is 0 Å². The van der Waals surface area contributed by atoms with Gasteiger partial charge in [0, 0.05) is 19.8 Å². The van der Waals surface area contributed by atoms with Crippen molar-refractivity contribution < 1.29 is 9.59 Å². The third-order valence-electron chi connectivity index (χ3n) is 3.05. The predicted molar refractivity (Wildman–Crippen MR) is 70.1 cm³/mol. The number of halogens is 1. The van der Waals surface area contributed by atoms with Gasteiger partial charge in [-0.1, -0.05) is 0 Å². The fraction of sp³-hybridized carbons (Fsp3) is 0.417. The van der Waals surface area contributed by atoms with Crippen molar-refractivity contribution in [2.75, 3.05) is 13.6 Å². The first kappa shape index (κ1) is 13.0. The van der Waals surface area contributed by atoms with Crippen LogP contribution in [0.5, 0.6) is 0 Å². The van der Waals surface area contributed by atoms with E-state index in [-0.39, 0.29) is 17.9 Å². The summed E-state index contributed by atoms with van der Waals surface area (Å²) in [5, 5.41) is 2.60. The summed E-state index contributed by atoms with van der Waals surface area (Å²) in [7, 11) is 1.59. The highest BCUT2D eigenvalue weighted by Gasteiger charge is 2.34. The van der Waals surface area contributed by atoms with Crippen LogP contribution in [0, 0.1) is 0 Å². The normalized spacial score (nSPS) is 18.8. The first-order chi connectivity index (χ1) is 8.65. The van der Waals surface area contributed by atoms with Crippen LogP contribution in [-0.2, 0) is 4.79 Å². The van der Waals surface area contributed by atoms with E-state index >= 15 is 0 Å². The highest BCUT2D eigenvalue weighted by molar-refractivity contribution is 9.10. The van der Waals surface area contributed by atoms with Crippen molar-refractivity contribution in [2.45, 2.75) is 18.9 Å². The number of hydrogen-bond acceptors (Lipinski definition) is 3. The van der Waals surface area contributed by atoms with Gasteiger partial charge in [-0.15, -0.1) is 0 Å². The molecule has 0 radical (unpaired) electrons. The zero-order valence-electron chi connectivity index (χ0n) is 10.0. The molecular formula is C12H14BrN3O2. The molecule has 1 saturated heterocycles. The first-order valence-corrected chi connectivity index (χ1v) is 6.57. The van der Waals surface area contributed by atoms with Crippen molar-refractivity contribution in [3.8, 4) is 0 Å². The number of aromatic nitrogens is 1. The molecule has 1 fully saturated rings. The Morgan fingerprint density at radius 2 is 2.33 bits per heavy atom. The van der Waals surface area contributed by atoms with Crippen LogP contribution in [0.25, 0.3) is 0 Å².